The summed E-state index contributed by atoms with van der Waals surface area (Å²) in [4.78, 5) is 4.60. The minimum atomic E-state index is 0.137. The van der Waals surface area contributed by atoms with E-state index in [2.05, 4.69) is 54.7 Å². The van der Waals surface area contributed by atoms with Crippen molar-refractivity contribution in [2.45, 2.75) is 39.8 Å². The molecule has 124 valence electrons. The van der Waals surface area contributed by atoms with E-state index in [1.165, 1.54) is 0 Å². The normalized spacial score (nSPS) is 12.1. The third-order valence-electron chi connectivity index (χ3n) is 2.97. The topological polar surface area (TPSA) is 57.7 Å². The van der Waals surface area contributed by atoms with Gasteiger partial charge < -0.3 is 20.7 Å². The Morgan fingerprint density at radius 3 is 2.59 bits per heavy atom. The van der Waals surface area contributed by atoms with Gasteiger partial charge in [0.2, 0.25) is 0 Å². The molecule has 0 spiro atoms. The van der Waals surface area contributed by atoms with E-state index in [1.54, 1.807) is 7.11 Å². The first-order chi connectivity index (χ1) is 10.4. The van der Waals surface area contributed by atoms with E-state index < -0.39 is 0 Å². The molecule has 0 bridgehead atoms. The van der Waals surface area contributed by atoms with Gasteiger partial charge in [0.1, 0.15) is 5.75 Å². The zero-order chi connectivity index (χ0) is 16.4. The number of ether oxygens (including phenoxy) is 1. The maximum atomic E-state index is 5.23. The number of rotatable bonds is 7. The van der Waals surface area contributed by atoms with Crippen LogP contribution in [-0.4, -0.2) is 38.2 Å². The summed E-state index contributed by atoms with van der Waals surface area (Å²) in [7, 11) is 1.68. The summed E-state index contributed by atoms with van der Waals surface area (Å²) in [5.41, 5.74) is 1.27. The molecule has 1 aromatic carbocycles. The molecule has 5 heteroatoms. The van der Waals surface area contributed by atoms with Gasteiger partial charge in [-0.1, -0.05) is 12.1 Å². The van der Waals surface area contributed by atoms with Crippen LogP contribution in [0.5, 0.6) is 5.75 Å². The van der Waals surface area contributed by atoms with Crippen LogP contribution in [0.25, 0.3) is 0 Å². The van der Waals surface area contributed by atoms with Crippen molar-refractivity contribution in [1.82, 2.24) is 16.0 Å². The molecule has 1 aromatic rings. The lowest BCUT2D eigenvalue weighted by molar-refractivity contribution is 0.414. The van der Waals surface area contributed by atoms with Crippen LogP contribution in [-0.2, 0) is 6.54 Å². The van der Waals surface area contributed by atoms with Crippen molar-refractivity contribution < 1.29 is 4.74 Å². The lowest BCUT2D eigenvalue weighted by Gasteiger charge is -2.21. The minimum Gasteiger partial charge on any atom is -0.497 e. The van der Waals surface area contributed by atoms with Gasteiger partial charge in [0.15, 0.2) is 5.96 Å². The van der Waals surface area contributed by atoms with E-state index in [1.807, 2.05) is 18.2 Å². The molecule has 0 radical (unpaired) electrons. The molecule has 0 atom stereocenters. The summed E-state index contributed by atoms with van der Waals surface area (Å²) in [6.07, 6.45) is 0. The Hall–Kier alpha value is -1.75. The third kappa shape index (κ3) is 7.88. The average Bonchev–Trinajstić information content (AvgIpc) is 2.48. The van der Waals surface area contributed by atoms with E-state index in [4.69, 9.17) is 4.74 Å². The Morgan fingerprint density at radius 1 is 1.18 bits per heavy atom. The molecule has 0 saturated carbocycles. The SMILES string of the molecule is CCNC(=NCc1cccc(OC)c1)NCCNC(C)(C)C. The third-order valence-corrected chi connectivity index (χ3v) is 2.97. The average molecular weight is 306 g/mol. The van der Waals surface area contributed by atoms with Gasteiger partial charge in [0.05, 0.1) is 13.7 Å². The van der Waals surface area contributed by atoms with Crippen LogP contribution in [0, 0.1) is 0 Å². The molecule has 0 aliphatic rings. The monoisotopic (exact) mass is 306 g/mol. The van der Waals surface area contributed by atoms with Gasteiger partial charge in [-0.25, -0.2) is 4.99 Å². The Kier molecular flexibility index (Phi) is 7.74. The van der Waals surface area contributed by atoms with Crippen LogP contribution in [0.1, 0.15) is 33.3 Å². The van der Waals surface area contributed by atoms with Gasteiger partial charge in [0, 0.05) is 25.2 Å². The predicted molar refractivity (Wildman–Crippen MR) is 93.6 cm³/mol. The molecular weight excluding hydrogens is 276 g/mol. The maximum Gasteiger partial charge on any atom is 0.191 e. The number of methoxy groups -OCH3 is 1. The van der Waals surface area contributed by atoms with E-state index in [0.29, 0.717) is 6.54 Å². The van der Waals surface area contributed by atoms with E-state index >= 15 is 0 Å². The number of hydrogen-bond donors (Lipinski definition) is 3. The highest BCUT2D eigenvalue weighted by Gasteiger charge is 2.07. The molecule has 5 nitrogen and oxygen atoms in total. The summed E-state index contributed by atoms with van der Waals surface area (Å²) in [6.45, 7) is 11.7. The summed E-state index contributed by atoms with van der Waals surface area (Å²) in [5, 5.41) is 10.0. The largest absolute Gasteiger partial charge is 0.497 e. The number of aliphatic imine (C=N–C) groups is 1. The Balaban J connectivity index is 2.50. The molecule has 0 aromatic heterocycles. The second-order valence-electron chi connectivity index (χ2n) is 6.15. The fraction of sp³-hybridized carbons (Fsp3) is 0.588. The van der Waals surface area contributed by atoms with Gasteiger partial charge >= 0.3 is 0 Å². The van der Waals surface area contributed by atoms with Crippen LogP contribution in [0.2, 0.25) is 0 Å². The molecule has 1 rings (SSSR count). The summed E-state index contributed by atoms with van der Waals surface area (Å²) in [6, 6.07) is 7.98. The second kappa shape index (κ2) is 9.30. The minimum absolute atomic E-state index is 0.137. The number of guanidine groups is 1. The Bertz CT molecular complexity index is 466. The quantitative estimate of drug-likeness (QED) is 0.410. The van der Waals surface area contributed by atoms with Crippen molar-refractivity contribution in [1.29, 1.82) is 0 Å². The number of nitrogens with zero attached hydrogens (tertiary/aromatic N) is 1. The molecule has 22 heavy (non-hydrogen) atoms. The van der Waals surface area contributed by atoms with Crippen LogP contribution in [0.15, 0.2) is 29.3 Å². The standard InChI is InChI=1S/C17H30N4O/c1-6-18-16(19-10-11-21-17(2,3)4)20-13-14-8-7-9-15(12-14)22-5/h7-9,12,21H,6,10-11,13H2,1-5H3,(H2,18,19,20). The van der Waals surface area contributed by atoms with E-state index in [-0.39, 0.29) is 5.54 Å². The zero-order valence-electron chi connectivity index (χ0n) is 14.5. The van der Waals surface area contributed by atoms with Gasteiger partial charge in [-0.3, -0.25) is 0 Å². The number of hydrogen-bond acceptors (Lipinski definition) is 3. The van der Waals surface area contributed by atoms with Gasteiger partial charge in [-0.15, -0.1) is 0 Å². The lowest BCUT2D eigenvalue weighted by Crippen LogP contribution is -2.44. The first-order valence-corrected chi connectivity index (χ1v) is 7.84. The van der Waals surface area contributed by atoms with Crippen LogP contribution in [0.4, 0.5) is 0 Å². The summed E-state index contributed by atoms with van der Waals surface area (Å²) < 4.78 is 5.23. The molecule has 0 amide bonds. The molecule has 0 unspecified atom stereocenters. The molecule has 0 aliphatic carbocycles. The molecular formula is C17H30N4O. The second-order valence-corrected chi connectivity index (χ2v) is 6.15. The molecule has 3 N–H and O–H groups in total. The van der Waals surface area contributed by atoms with Crippen molar-refractivity contribution in [2.24, 2.45) is 4.99 Å². The van der Waals surface area contributed by atoms with Gasteiger partial charge in [-0.2, -0.15) is 0 Å². The summed E-state index contributed by atoms with van der Waals surface area (Å²) in [5.74, 6) is 1.70. The lowest BCUT2D eigenvalue weighted by atomic mass is 10.1. The molecule has 0 fully saturated rings. The highest BCUT2D eigenvalue weighted by atomic mass is 16.5. The molecule has 0 heterocycles. The van der Waals surface area contributed by atoms with E-state index in [9.17, 15) is 0 Å². The number of nitrogens with one attached hydrogen (secondary N) is 3. The van der Waals surface area contributed by atoms with Crippen molar-refractivity contribution in [3.8, 4) is 5.75 Å². The van der Waals surface area contributed by atoms with Crippen molar-refractivity contribution in [3.05, 3.63) is 29.8 Å². The van der Waals surface area contributed by atoms with Gasteiger partial charge in [-0.05, 0) is 45.4 Å². The van der Waals surface area contributed by atoms with E-state index in [0.717, 1.165) is 36.9 Å². The summed E-state index contributed by atoms with van der Waals surface area (Å²) >= 11 is 0. The van der Waals surface area contributed by atoms with Crippen LogP contribution < -0.4 is 20.7 Å². The van der Waals surface area contributed by atoms with Crippen LogP contribution in [0.3, 0.4) is 0 Å². The predicted octanol–water partition coefficient (Wildman–Crippen LogP) is 2.14. The maximum absolute atomic E-state index is 5.23. The van der Waals surface area contributed by atoms with Crippen molar-refractivity contribution in [2.75, 3.05) is 26.7 Å². The fourth-order valence-corrected chi connectivity index (χ4v) is 1.90. The molecule has 0 saturated heterocycles. The van der Waals surface area contributed by atoms with Crippen LogP contribution >= 0.6 is 0 Å². The first-order valence-electron chi connectivity index (χ1n) is 7.84. The number of benzene rings is 1. The highest BCUT2D eigenvalue weighted by Crippen LogP contribution is 2.13. The molecule has 0 aliphatic heterocycles. The highest BCUT2D eigenvalue weighted by molar-refractivity contribution is 5.79. The Labute approximate surface area is 134 Å². The first kappa shape index (κ1) is 18.3. The Morgan fingerprint density at radius 2 is 1.95 bits per heavy atom. The van der Waals surface area contributed by atoms with Gasteiger partial charge in [0.25, 0.3) is 0 Å². The fourth-order valence-electron chi connectivity index (χ4n) is 1.90. The smallest absolute Gasteiger partial charge is 0.191 e. The van der Waals surface area contributed by atoms with Crippen molar-refractivity contribution >= 4 is 5.96 Å². The van der Waals surface area contributed by atoms with Crippen molar-refractivity contribution in [3.63, 3.8) is 0 Å². The zero-order valence-corrected chi connectivity index (χ0v) is 14.5.